The number of hydrogen-bond acceptors (Lipinski definition) is 6. The molecule has 23 heavy (non-hydrogen) atoms. The molecule has 120 valence electrons. The summed E-state index contributed by atoms with van der Waals surface area (Å²) in [5, 5.41) is 10.4. The number of morpholine rings is 1. The Labute approximate surface area is 138 Å². The zero-order valence-corrected chi connectivity index (χ0v) is 13.7. The van der Waals surface area contributed by atoms with E-state index in [1.165, 1.54) is 4.88 Å². The van der Waals surface area contributed by atoms with E-state index in [0.29, 0.717) is 0 Å². The third-order valence-corrected chi connectivity index (χ3v) is 4.91. The molecule has 3 aromatic rings. The van der Waals surface area contributed by atoms with Crippen LogP contribution in [0.5, 0.6) is 0 Å². The third-order valence-electron chi connectivity index (χ3n) is 3.95. The van der Waals surface area contributed by atoms with Crippen LogP contribution in [0.2, 0.25) is 0 Å². The largest absolute Gasteiger partial charge is 0.370 e. The summed E-state index contributed by atoms with van der Waals surface area (Å²) in [5.74, 6) is 0.871. The first kappa shape index (κ1) is 14.6. The fourth-order valence-corrected chi connectivity index (χ4v) is 3.56. The van der Waals surface area contributed by atoms with E-state index in [2.05, 4.69) is 32.7 Å². The molecule has 4 heterocycles. The zero-order chi connectivity index (χ0) is 15.6. The van der Waals surface area contributed by atoms with E-state index in [9.17, 15) is 0 Å². The van der Waals surface area contributed by atoms with E-state index < -0.39 is 0 Å². The molecule has 0 saturated carbocycles. The fraction of sp³-hybridized carbons (Fsp3) is 0.375. The van der Waals surface area contributed by atoms with Crippen molar-refractivity contribution in [2.24, 2.45) is 7.05 Å². The average Bonchev–Trinajstić information content (AvgIpc) is 3.28. The van der Waals surface area contributed by atoms with Crippen LogP contribution in [0.4, 0.5) is 0 Å². The van der Waals surface area contributed by atoms with Gasteiger partial charge in [-0.15, -0.1) is 11.3 Å². The van der Waals surface area contributed by atoms with Crippen molar-refractivity contribution in [3.8, 4) is 11.3 Å². The second-order valence-corrected chi connectivity index (χ2v) is 6.67. The van der Waals surface area contributed by atoms with Crippen molar-refractivity contribution in [2.45, 2.75) is 12.6 Å². The Bertz CT molecular complexity index is 765. The summed E-state index contributed by atoms with van der Waals surface area (Å²) in [6.45, 7) is 3.28. The Morgan fingerprint density at radius 2 is 2.39 bits per heavy atom. The Morgan fingerprint density at radius 3 is 3.17 bits per heavy atom. The van der Waals surface area contributed by atoms with Gasteiger partial charge in [0.2, 0.25) is 0 Å². The van der Waals surface area contributed by atoms with Crippen LogP contribution in [0.15, 0.2) is 40.5 Å². The van der Waals surface area contributed by atoms with Gasteiger partial charge in [0.15, 0.2) is 5.76 Å². The van der Waals surface area contributed by atoms with Crippen molar-refractivity contribution in [2.75, 3.05) is 19.7 Å². The van der Waals surface area contributed by atoms with E-state index in [-0.39, 0.29) is 6.10 Å². The maximum absolute atomic E-state index is 5.88. The molecular weight excluding hydrogens is 312 g/mol. The Balaban J connectivity index is 1.43. The Morgan fingerprint density at radius 1 is 1.43 bits per heavy atom. The van der Waals surface area contributed by atoms with Gasteiger partial charge in [-0.3, -0.25) is 9.58 Å². The molecule has 1 saturated heterocycles. The van der Waals surface area contributed by atoms with Gasteiger partial charge in [0.25, 0.3) is 0 Å². The van der Waals surface area contributed by atoms with Crippen molar-refractivity contribution >= 4 is 11.3 Å². The molecule has 1 fully saturated rings. The first-order chi connectivity index (χ1) is 11.3. The van der Waals surface area contributed by atoms with Crippen LogP contribution in [0.3, 0.4) is 0 Å². The highest BCUT2D eigenvalue weighted by Gasteiger charge is 2.23. The molecule has 0 aromatic carbocycles. The van der Waals surface area contributed by atoms with Gasteiger partial charge in [0.1, 0.15) is 11.8 Å². The smallest absolute Gasteiger partial charge is 0.151 e. The second kappa shape index (κ2) is 6.27. The number of thiophene rings is 1. The normalized spacial score (nSPS) is 19.3. The number of rotatable bonds is 4. The van der Waals surface area contributed by atoms with Crippen LogP contribution in [0.1, 0.15) is 16.7 Å². The molecule has 0 aliphatic carbocycles. The van der Waals surface area contributed by atoms with Crippen molar-refractivity contribution in [1.29, 1.82) is 0 Å². The molecule has 4 rings (SSSR count). The highest BCUT2D eigenvalue weighted by Crippen LogP contribution is 2.27. The minimum absolute atomic E-state index is 0.157. The lowest BCUT2D eigenvalue weighted by atomic mass is 10.2. The van der Waals surface area contributed by atoms with Crippen molar-refractivity contribution in [1.82, 2.24) is 19.8 Å². The van der Waals surface area contributed by atoms with Crippen LogP contribution in [0, 0.1) is 0 Å². The molecule has 0 bridgehead atoms. The molecule has 0 amide bonds. The standard InChI is InChI=1S/C16H18N4O2S/c1-19-9-12(8-17-19)14-7-13(22-18-14)10-20-4-5-21-15(11-20)16-3-2-6-23-16/h2-3,6-9,15H,4-5,10-11H2,1H3. The van der Waals surface area contributed by atoms with Gasteiger partial charge in [0.05, 0.1) is 19.3 Å². The maximum Gasteiger partial charge on any atom is 0.151 e. The Kier molecular flexibility index (Phi) is 3.99. The summed E-state index contributed by atoms with van der Waals surface area (Å²) >= 11 is 1.74. The third kappa shape index (κ3) is 3.21. The van der Waals surface area contributed by atoms with Gasteiger partial charge in [-0.05, 0) is 11.4 Å². The molecule has 0 spiro atoms. The maximum atomic E-state index is 5.88. The van der Waals surface area contributed by atoms with E-state index in [0.717, 1.165) is 43.3 Å². The predicted molar refractivity (Wildman–Crippen MR) is 87.0 cm³/mol. The number of aromatic nitrogens is 3. The van der Waals surface area contributed by atoms with Gasteiger partial charge in [-0.2, -0.15) is 5.10 Å². The van der Waals surface area contributed by atoms with Crippen LogP contribution >= 0.6 is 11.3 Å². The summed E-state index contributed by atoms with van der Waals surface area (Å²) in [4.78, 5) is 3.63. The summed E-state index contributed by atoms with van der Waals surface area (Å²) < 4.78 is 13.1. The van der Waals surface area contributed by atoms with E-state index in [4.69, 9.17) is 9.26 Å². The molecular formula is C16H18N4O2S. The number of hydrogen-bond donors (Lipinski definition) is 0. The highest BCUT2D eigenvalue weighted by atomic mass is 32.1. The van der Waals surface area contributed by atoms with Crippen LogP contribution in [0.25, 0.3) is 11.3 Å². The van der Waals surface area contributed by atoms with E-state index in [1.807, 2.05) is 19.3 Å². The van der Waals surface area contributed by atoms with Gasteiger partial charge in [-0.1, -0.05) is 11.2 Å². The molecule has 1 atom stereocenters. The first-order valence-corrected chi connectivity index (χ1v) is 8.48. The van der Waals surface area contributed by atoms with Crippen molar-refractivity contribution < 1.29 is 9.26 Å². The first-order valence-electron chi connectivity index (χ1n) is 7.60. The van der Waals surface area contributed by atoms with Gasteiger partial charge < -0.3 is 9.26 Å². The van der Waals surface area contributed by atoms with Crippen molar-refractivity contribution in [3.63, 3.8) is 0 Å². The lowest BCUT2D eigenvalue weighted by molar-refractivity contribution is -0.0333. The molecule has 0 N–H and O–H groups in total. The average molecular weight is 330 g/mol. The minimum Gasteiger partial charge on any atom is -0.370 e. The molecule has 0 radical (unpaired) electrons. The van der Waals surface area contributed by atoms with E-state index >= 15 is 0 Å². The Hall–Kier alpha value is -1.96. The predicted octanol–water partition coefficient (Wildman–Crippen LogP) is 2.71. The van der Waals surface area contributed by atoms with Crippen LogP contribution < -0.4 is 0 Å². The van der Waals surface area contributed by atoms with Gasteiger partial charge >= 0.3 is 0 Å². The molecule has 1 unspecified atom stereocenters. The number of ether oxygens (including phenoxy) is 1. The van der Waals surface area contributed by atoms with E-state index in [1.54, 1.807) is 22.2 Å². The SMILES string of the molecule is Cn1cc(-c2cc(CN3CCOC(c4cccs4)C3)on2)cn1. The lowest BCUT2D eigenvalue weighted by Gasteiger charge is -2.31. The number of nitrogens with zero attached hydrogens (tertiary/aromatic N) is 4. The molecule has 7 heteroatoms. The highest BCUT2D eigenvalue weighted by molar-refractivity contribution is 7.10. The summed E-state index contributed by atoms with van der Waals surface area (Å²) in [7, 11) is 1.89. The van der Waals surface area contributed by atoms with Crippen LogP contribution in [-0.2, 0) is 18.3 Å². The monoisotopic (exact) mass is 330 g/mol. The van der Waals surface area contributed by atoms with Gasteiger partial charge in [0, 0.05) is 42.8 Å². The quantitative estimate of drug-likeness (QED) is 0.736. The van der Waals surface area contributed by atoms with Crippen molar-refractivity contribution in [3.05, 3.63) is 46.6 Å². The molecule has 1 aliphatic heterocycles. The summed E-state index contributed by atoms with van der Waals surface area (Å²) in [6, 6.07) is 6.19. The van der Waals surface area contributed by atoms with Crippen LogP contribution in [-0.4, -0.2) is 39.5 Å². The number of aryl methyl sites for hydroxylation is 1. The topological polar surface area (TPSA) is 56.3 Å². The molecule has 3 aromatic heterocycles. The lowest BCUT2D eigenvalue weighted by Crippen LogP contribution is -2.37. The zero-order valence-electron chi connectivity index (χ0n) is 12.9. The summed E-state index contributed by atoms with van der Waals surface area (Å²) in [5.41, 5.74) is 1.80. The van der Waals surface area contributed by atoms with Gasteiger partial charge in [-0.25, -0.2) is 0 Å². The second-order valence-electron chi connectivity index (χ2n) is 5.69. The minimum atomic E-state index is 0.157. The summed E-state index contributed by atoms with van der Waals surface area (Å²) in [6.07, 6.45) is 3.89. The fourth-order valence-electron chi connectivity index (χ4n) is 2.79. The molecule has 1 aliphatic rings. The molecule has 6 nitrogen and oxygen atoms in total.